The van der Waals surface area contributed by atoms with Gasteiger partial charge in [-0.2, -0.15) is 0 Å². The Hall–Kier alpha value is -2.18. The number of carbonyl (C=O) groups excluding carboxylic acids is 1. The van der Waals surface area contributed by atoms with Crippen LogP contribution in [-0.2, 0) is 4.79 Å². The van der Waals surface area contributed by atoms with Crippen LogP contribution in [0.4, 0.5) is 11.5 Å². The van der Waals surface area contributed by atoms with Gasteiger partial charge in [-0.05, 0) is 18.9 Å². The zero-order chi connectivity index (χ0) is 12.7. The minimum atomic E-state index is -0.496. The second kappa shape index (κ2) is 6.41. The molecule has 1 heterocycles. The lowest BCUT2D eigenvalue weighted by atomic mass is 10.2. The number of hydrogen-bond donors (Lipinski definition) is 2. The Labute approximate surface area is 98.2 Å². The summed E-state index contributed by atoms with van der Waals surface area (Å²) < 4.78 is 0. The second-order valence-corrected chi connectivity index (χ2v) is 3.51. The third-order valence-electron chi connectivity index (χ3n) is 2.11. The largest absolute Gasteiger partial charge is 0.370 e. The SMILES string of the molecule is NC(=O)CCCCNc1ccc([N+](=O)[O-])cn1. The lowest BCUT2D eigenvalue weighted by Crippen LogP contribution is -2.11. The number of rotatable bonds is 7. The summed E-state index contributed by atoms with van der Waals surface area (Å²) >= 11 is 0. The molecule has 0 bridgehead atoms. The zero-order valence-corrected chi connectivity index (χ0v) is 9.26. The molecular weight excluding hydrogens is 224 g/mol. The van der Waals surface area contributed by atoms with Gasteiger partial charge in [0.1, 0.15) is 12.0 Å². The Morgan fingerprint density at radius 1 is 1.47 bits per heavy atom. The normalized spacial score (nSPS) is 9.88. The molecule has 0 spiro atoms. The highest BCUT2D eigenvalue weighted by Gasteiger charge is 2.04. The maximum Gasteiger partial charge on any atom is 0.287 e. The highest BCUT2D eigenvalue weighted by Crippen LogP contribution is 2.11. The quantitative estimate of drug-likeness (QED) is 0.419. The summed E-state index contributed by atoms with van der Waals surface area (Å²) in [5.74, 6) is 0.271. The number of nitrogens with two attached hydrogens (primary N) is 1. The van der Waals surface area contributed by atoms with Gasteiger partial charge in [0, 0.05) is 19.0 Å². The van der Waals surface area contributed by atoms with Gasteiger partial charge in [0.05, 0.1) is 4.92 Å². The molecule has 0 fully saturated rings. The maximum atomic E-state index is 10.5. The number of primary amides is 1. The number of amides is 1. The number of unbranched alkanes of at least 4 members (excludes halogenated alkanes) is 1. The van der Waals surface area contributed by atoms with Crippen LogP contribution in [0.15, 0.2) is 18.3 Å². The summed E-state index contributed by atoms with van der Waals surface area (Å²) in [4.78, 5) is 24.2. The molecule has 3 N–H and O–H groups in total. The van der Waals surface area contributed by atoms with Crippen molar-refractivity contribution in [3.63, 3.8) is 0 Å². The summed E-state index contributed by atoms with van der Waals surface area (Å²) in [5.41, 5.74) is 4.96. The number of aromatic nitrogens is 1. The van der Waals surface area contributed by atoms with Gasteiger partial charge in [-0.1, -0.05) is 0 Å². The van der Waals surface area contributed by atoms with E-state index < -0.39 is 4.92 Å². The third kappa shape index (κ3) is 4.92. The van der Waals surface area contributed by atoms with E-state index in [1.807, 2.05) is 0 Å². The Morgan fingerprint density at radius 2 is 2.24 bits per heavy atom. The number of nitrogens with one attached hydrogen (secondary N) is 1. The second-order valence-electron chi connectivity index (χ2n) is 3.51. The van der Waals surface area contributed by atoms with Crippen LogP contribution in [0.2, 0.25) is 0 Å². The van der Waals surface area contributed by atoms with Crippen LogP contribution in [0.5, 0.6) is 0 Å². The average Bonchev–Trinajstić information content (AvgIpc) is 2.29. The van der Waals surface area contributed by atoms with Crippen molar-refractivity contribution in [1.82, 2.24) is 4.98 Å². The molecule has 1 rings (SSSR count). The van der Waals surface area contributed by atoms with Crippen molar-refractivity contribution in [2.24, 2.45) is 5.73 Å². The Morgan fingerprint density at radius 3 is 2.76 bits per heavy atom. The highest BCUT2D eigenvalue weighted by molar-refractivity contribution is 5.73. The van der Waals surface area contributed by atoms with E-state index in [2.05, 4.69) is 10.3 Å². The number of carbonyl (C=O) groups is 1. The molecule has 0 aliphatic heterocycles. The number of hydrogen-bond acceptors (Lipinski definition) is 5. The van der Waals surface area contributed by atoms with Crippen molar-refractivity contribution in [2.45, 2.75) is 19.3 Å². The van der Waals surface area contributed by atoms with E-state index in [0.717, 1.165) is 12.8 Å². The highest BCUT2D eigenvalue weighted by atomic mass is 16.6. The van der Waals surface area contributed by atoms with Gasteiger partial charge in [0.15, 0.2) is 0 Å². The van der Waals surface area contributed by atoms with Crippen molar-refractivity contribution >= 4 is 17.4 Å². The third-order valence-corrected chi connectivity index (χ3v) is 2.11. The molecule has 0 radical (unpaired) electrons. The van der Waals surface area contributed by atoms with E-state index in [1.165, 1.54) is 12.3 Å². The molecule has 92 valence electrons. The standard InChI is InChI=1S/C10H14N4O3/c11-9(15)3-1-2-6-12-10-5-4-8(7-13-10)14(16)17/h4-5,7H,1-3,6H2,(H2,11,15)(H,12,13). The summed E-state index contributed by atoms with van der Waals surface area (Å²) in [6.07, 6.45) is 3.08. The smallest absolute Gasteiger partial charge is 0.287 e. The molecule has 0 unspecified atom stereocenters. The van der Waals surface area contributed by atoms with E-state index >= 15 is 0 Å². The van der Waals surface area contributed by atoms with Crippen molar-refractivity contribution in [3.8, 4) is 0 Å². The lowest BCUT2D eigenvalue weighted by molar-refractivity contribution is -0.385. The first-order chi connectivity index (χ1) is 8.09. The number of pyridine rings is 1. The Bertz CT molecular complexity index is 391. The molecule has 1 aromatic rings. The van der Waals surface area contributed by atoms with E-state index in [1.54, 1.807) is 6.07 Å². The van der Waals surface area contributed by atoms with E-state index in [0.29, 0.717) is 18.8 Å². The first kappa shape index (κ1) is 12.9. The van der Waals surface area contributed by atoms with Crippen LogP contribution in [0.1, 0.15) is 19.3 Å². The molecule has 1 amide bonds. The minimum absolute atomic E-state index is 0.0377. The fourth-order valence-corrected chi connectivity index (χ4v) is 1.24. The molecule has 0 aliphatic rings. The number of nitrogens with zero attached hydrogens (tertiary/aromatic N) is 2. The fourth-order valence-electron chi connectivity index (χ4n) is 1.24. The van der Waals surface area contributed by atoms with Crippen LogP contribution in [0.25, 0.3) is 0 Å². The van der Waals surface area contributed by atoms with Gasteiger partial charge in [-0.3, -0.25) is 14.9 Å². The molecular formula is C10H14N4O3. The van der Waals surface area contributed by atoms with E-state index in [4.69, 9.17) is 5.73 Å². The predicted molar refractivity (Wildman–Crippen MR) is 62.4 cm³/mol. The molecule has 0 saturated carbocycles. The first-order valence-electron chi connectivity index (χ1n) is 5.22. The van der Waals surface area contributed by atoms with E-state index in [-0.39, 0.29) is 11.6 Å². The van der Waals surface area contributed by atoms with Gasteiger partial charge < -0.3 is 11.1 Å². The van der Waals surface area contributed by atoms with Crippen LogP contribution in [0, 0.1) is 10.1 Å². The molecule has 0 atom stereocenters. The Balaban J connectivity index is 2.27. The Kier molecular flexibility index (Phi) is 4.86. The van der Waals surface area contributed by atoms with Gasteiger partial charge in [0.2, 0.25) is 5.91 Å². The monoisotopic (exact) mass is 238 g/mol. The lowest BCUT2D eigenvalue weighted by Gasteiger charge is -2.04. The topological polar surface area (TPSA) is 111 Å². The van der Waals surface area contributed by atoms with Crippen molar-refractivity contribution in [3.05, 3.63) is 28.4 Å². The molecule has 0 saturated heterocycles. The summed E-state index contributed by atoms with van der Waals surface area (Å²) in [6.45, 7) is 0.651. The predicted octanol–water partition coefficient (Wildman–Crippen LogP) is 1.06. The van der Waals surface area contributed by atoms with Crippen LogP contribution >= 0.6 is 0 Å². The molecule has 7 nitrogen and oxygen atoms in total. The molecule has 17 heavy (non-hydrogen) atoms. The molecule has 7 heteroatoms. The molecule has 1 aromatic heterocycles. The number of nitro groups is 1. The van der Waals surface area contributed by atoms with Gasteiger partial charge in [0.25, 0.3) is 5.69 Å². The fraction of sp³-hybridized carbons (Fsp3) is 0.400. The van der Waals surface area contributed by atoms with Crippen molar-refractivity contribution < 1.29 is 9.72 Å². The van der Waals surface area contributed by atoms with Crippen molar-refractivity contribution in [1.29, 1.82) is 0 Å². The van der Waals surface area contributed by atoms with Crippen molar-refractivity contribution in [2.75, 3.05) is 11.9 Å². The van der Waals surface area contributed by atoms with Gasteiger partial charge >= 0.3 is 0 Å². The summed E-state index contributed by atoms with van der Waals surface area (Å²) in [5, 5.41) is 13.4. The minimum Gasteiger partial charge on any atom is -0.370 e. The maximum absolute atomic E-state index is 10.5. The van der Waals surface area contributed by atoms with Crippen LogP contribution in [-0.4, -0.2) is 22.4 Å². The summed E-state index contributed by atoms with van der Waals surface area (Å²) in [6, 6.07) is 2.94. The molecule has 0 aliphatic carbocycles. The molecule has 0 aromatic carbocycles. The zero-order valence-electron chi connectivity index (χ0n) is 9.26. The van der Waals surface area contributed by atoms with Crippen LogP contribution < -0.4 is 11.1 Å². The summed E-state index contributed by atoms with van der Waals surface area (Å²) in [7, 11) is 0. The van der Waals surface area contributed by atoms with Crippen LogP contribution in [0.3, 0.4) is 0 Å². The number of anilines is 1. The van der Waals surface area contributed by atoms with Gasteiger partial charge in [-0.15, -0.1) is 0 Å². The first-order valence-corrected chi connectivity index (χ1v) is 5.22. The van der Waals surface area contributed by atoms with Gasteiger partial charge in [-0.25, -0.2) is 4.98 Å². The van der Waals surface area contributed by atoms with E-state index in [9.17, 15) is 14.9 Å². The average molecular weight is 238 g/mol.